The minimum Gasteiger partial charge on any atom is -0.294 e. The third-order valence-electron chi connectivity index (χ3n) is 6.21. The van der Waals surface area contributed by atoms with E-state index in [0.29, 0.717) is 12.1 Å². The van der Waals surface area contributed by atoms with Crippen LogP contribution in [0.3, 0.4) is 0 Å². The van der Waals surface area contributed by atoms with Crippen molar-refractivity contribution in [3.8, 4) is 0 Å². The molecule has 5 rings (SSSR count). The van der Waals surface area contributed by atoms with Gasteiger partial charge >= 0.3 is 0 Å². The maximum atomic E-state index is 13.0. The van der Waals surface area contributed by atoms with E-state index < -0.39 is 0 Å². The van der Waals surface area contributed by atoms with Crippen LogP contribution < -0.4 is 5.56 Å². The predicted molar refractivity (Wildman–Crippen MR) is 100 cm³/mol. The lowest BCUT2D eigenvalue weighted by atomic mass is 10.1. The van der Waals surface area contributed by atoms with Crippen LogP contribution in [0.25, 0.3) is 10.9 Å². The number of para-hydroxylation sites is 1. The van der Waals surface area contributed by atoms with E-state index in [-0.39, 0.29) is 5.56 Å². The van der Waals surface area contributed by atoms with E-state index >= 15 is 0 Å². The van der Waals surface area contributed by atoms with Gasteiger partial charge < -0.3 is 0 Å². The molecule has 1 aromatic carbocycles. The van der Waals surface area contributed by atoms with Crippen LogP contribution in [0, 0.1) is 6.92 Å². The molecule has 1 fully saturated rings. The van der Waals surface area contributed by atoms with Crippen LogP contribution in [-0.4, -0.2) is 36.3 Å². The number of rotatable bonds is 2. The molecule has 0 spiro atoms. The summed E-state index contributed by atoms with van der Waals surface area (Å²) in [4.78, 5) is 20.4. The Balaban J connectivity index is 1.54. The Hall–Kier alpha value is -2.47. The molecule has 26 heavy (non-hydrogen) atoms. The molecule has 4 heterocycles. The van der Waals surface area contributed by atoms with Crippen LogP contribution in [0.15, 0.2) is 35.3 Å². The van der Waals surface area contributed by atoms with Crippen molar-refractivity contribution in [2.45, 2.75) is 51.4 Å². The summed E-state index contributed by atoms with van der Waals surface area (Å²) in [7, 11) is 1.99. The summed E-state index contributed by atoms with van der Waals surface area (Å²) >= 11 is 0. The summed E-state index contributed by atoms with van der Waals surface area (Å²) in [6.07, 6.45) is 5.14. The molecule has 3 aromatic rings. The Labute approximate surface area is 152 Å². The van der Waals surface area contributed by atoms with E-state index in [1.54, 1.807) is 0 Å². The first-order valence-corrected chi connectivity index (χ1v) is 9.33. The molecule has 134 valence electrons. The van der Waals surface area contributed by atoms with Gasteiger partial charge in [-0.15, -0.1) is 0 Å². The third kappa shape index (κ3) is 2.32. The van der Waals surface area contributed by atoms with Gasteiger partial charge in [0.05, 0.1) is 17.1 Å². The van der Waals surface area contributed by atoms with Crippen LogP contribution in [0.2, 0.25) is 0 Å². The fraction of sp³-hybridized carbons (Fsp3) is 0.450. The number of aromatic nitrogens is 4. The number of hydrogen-bond donors (Lipinski definition) is 0. The van der Waals surface area contributed by atoms with E-state index in [4.69, 9.17) is 4.98 Å². The van der Waals surface area contributed by atoms with E-state index in [1.165, 1.54) is 17.7 Å². The first-order valence-electron chi connectivity index (χ1n) is 9.33. The molecule has 2 aliphatic heterocycles. The second-order valence-electron chi connectivity index (χ2n) is 7.60. The second-order valence-corrected chi connectivity index (χ2v) is 7.60. The number of nitrogens with zero attached hydrogens (tertiary/aromatic N) is 5. The molecule has 2 atom stereocenters. The van der Waals surface area contributed by atoms with Gasteiger partial charge in [-0.25, -0.2) is 4.98 Å². The fourth-order valence-electron chi connectivity index (χ4n) is 4.56. The minimum absolute atomic E-state index is 0.107. The number of fused-ring (bicyclic) bond motifs is 4. The highest BCUT2D eigenvalue weighted by atomic mass is 16.1. The van der Waals surface area contributed by atoms with Crippen molar-refractivity contribution >= 4 is 10.9 Å². The topological polar surface area (TPSA) is 56.0 Å². The Kier molecular flexibility index (Phi) is 3.50. The zero-order valence-electron chi connectivity index (χ0n) is 15.2. The maximum absolute atomic E-state index is 13.0. The Bertz CT molecular complexity index is 1050. The summed E-state index contributed by atoms with van der Waals surface area (Å²) < 4.78 is 3.86. The lowest BCUT2D eigenvalue weighted by molar-refractivity contribution is 0.180. The van der Waals surface area contributed by atoms with Crippen LogP contribution in [0.4, 0.5) is 0 Å². The highest BCUT2D eigenvalue weighted by Crippen LogP contribution is 2.32. The van der Waals surface area contributed by atoms with E-state index in [1.807, 2.05) is 46.8 Å². The predicted octanol–water partition coefficient (Wildman–Crippen LogP) is 2.03. The molecule has 0 N–H and O–H groups in total. The van der Waals surface area contributed by atoms with Gasteiger partial charge in [0.15, 0.2) is 0 Å². The zero-order valence-corrected chi connectivity index (χ0v) is 15.2. The summed E-state index contributed by atoms with van der Waals surface area (Å²) in [6, 6.07) is 8.53. The van der Waals surface area contributed by atoms with E-state index in [9.17, 15) is 4.79 Å². The van der Waals surface area contributed by atoms with E-state index in [0.717, 1.165) is 42.7 Å². The summed E-state index contributed by atoms with van der Waals surface area (Å²) in [5.74, 6) is 0.939. The second kappa shape index (κ2) is 5.77. The molecular weight excluding hydrogens is 326 g/mol. The fourth-order valence-corrected chi connectivity index (χ4v) is 4.56. The lowest BCUT2D eigenvalue weighted by Gasteiger charge is -2.27. The average molecular weight is 349 g/mol. The largest absolute Gasteiger partial charge is 0.294 e. The van der Waals surface area contributed by atoms with Crippen molar-refractivity contribution in [3.63, 3.8) is 0 Å². The first kappa shape index (κ1) is 15.8. The lowest BCUT2D eigenvalue weighted by Crippen LogP contribution is -2.37. The van der Waals surface area contributed by atoms with Crippen molar-refractivity contribution in [1.82, 2.24) is 24.2 Å². The molecule has 2 aromatic heterocycles. The highest BCUT2D eigenvalue weighted by molar-refractivity contribution is 5.77. The van der Waals surface area contributed by atoms with Crippen LogP contribution >= 0.6 is 0 Å². The molecule has 2 bridgehead atoms. The summed E-state index contributed by atoms with van der Waals surface area (Å²) in [5.41, 5.74) is 3.42. The Morgan fingerprint density at radius 2 is 2.00 bits per heavy atom. The Morgan fingerprint density at radius 1 is 1.19 bits per heavy atom. The van der Waals surface area contributed by atoms with Crippen molar-refractivity contribution in [1.29, 1.82) is 0 Å². The molecule has 6 nitrogen and oxygen atoms in total. The van der Waals surface area contributed by atoms with Crippen LogP contribution in [0.1, 0.15) is 29.9 Å². The van der Waals surface area contributed by atoms with Gasteiger partial charge in [0.2, 0.25) is 0 Å². The van der Waals surface area contributed by atoms with Gasteiger partial charge in [-0.1, -0.05) is 12.1 Å². The van der Waals surface area contributed by atoms with Crippen molar-refractivity contribution in [2.75, 3.05) is 0 Å². The monoisotopic (exact) mass is 349 g/mol. The van der Waals surface area contributed by atoms with Gasteiger partial charge in [-0.2, -0.15) is 5.10 Å². The number of hydrogen-bond acceptors (Lipinski definition) is 4. The molecule has 0 radical (unpaired) electrons. The molecular formula is C20H23N5O. The normalized spacial score (nSPS) is 22.5. The van der Waals surface area contributed by atoms with Crippen LogP contribution in [-0.2, 0) is 26.6 Å². The number of aryl methyl sites for hydroxylation is 1. The first-order chi connectivity index (χ1) is 12.6. The van der Waals surface area contributed by atoms with Gasteiger partial charge in [0.25, 0.3) is 5.56 Å². The standard InChI is InChI=1S/C20H23N5O/c1-13-14(10-21-23(13)2)11-24-15-7-8-16(24)12-25-19(9-15)22-18-6-4-3-5-17(18)20(25)26/h3-6,10,15-16H,7-9,11-12H2,1-2H3. The van der Waals surface area contributed by atoms with Gasteiger partial charge in [0, 0.05) is 49.9 Å². The van der Waals surface area contributed by atoms with Gasteiger partial charge in [-0.3, -0.25) is 18.9 Å². The molecule has 0 amide bonds. The molecule has 2 aliphatic rings. The highest BCUT2D eigenvalue weighted by Gasteiger charge is 2.38. The van der Waals surface area contributed by atoms with E-state index in [2.05, 4.69) is 16.9 Å². The Morgan fingerprint density at radius 3 is 2.81 bits per heavy atom. The quantitative estimate of drug-likeness (QED) is 0.710. The van der Waals surface area contributed by atoms with Crippen molar-refractivity contribution < 1.29 is 0 Å². The van der Waals surface area contributed by atoms with Gasteiger partial charge in [-0.05, 0) is 31.9 Å². The minimum atomic E-state index is 0.107. The van der Waals surface area contributed by atoms with Gasteiger partial charge in [0.1, 0.15) is 5.82 Å². The molecule has 0 aliphatic carbocycles. The maximum Gasteiger partial charge on any atom is 0.261 e. The zero-order chi connectivity index (χ0) is 17.8. The van der Waals surface area contributed by atoms with Crippen molar-refractivity contribution in [2.24, 2.45) is 7.05 Å². The molecule has 0 saturated carbocycles. The molecule has 2 unspecified atom stereocenters. The smallest absolute Gasteiger partial charge is 0.261 e. The SMILES string of the molecule is Cc1c(CN2C3CCC2Cn2c(nc4ccccc4c2=O)C3)cnn1C. The van der Waals surface area contributed by atoms with Crippen molar-refractivity contribution in [3.05, 3.63) is 57.9 Å². The number of benzene rings is 1. The third-order valence-corrected chi connectivity index (χ3v) is 6.21. The summed E-state index contributed by atoms with van der Waals surface area (Å²) in [6.45, 7) is 3.76. The molecule has 1 saturated heterocycles. The molecule has 6 heteroatoms. The van der Waals surface area contributed by atoms with Crippen LogP contribution in [0.5, 0.6) is 0 Å². The summed E-state index contributed by atoms with van der Waals surface area (Å²) in [5, 5.41) is 5.11. The average Bonchev–Trinajstić information content (AvgIpc) is 3.10.